The van der Waals surface area contributed by atoms with Crippen LogP contribution in [0.3, 0.4) is 0 Å². The molecule has 0 saturated heterocycles. The molecule has 130 valence electrons. The van der Waals surface area contributed by atoms with E-state index in [4.69, 9.17) is 5.73 Å². The molecule has 3 rings (SSSR count). The van der Waals surface area contributed by atoms with Crippen LogP contribution in [0.2, 0.25) is 0 Å². The summed E-state index contributed by atoms with van der Waals surface area (Å²) in [4.78, 5) is 4.49. The van der Waals surface area contributed by atoms with Crippen molar-refractivity contribution in [3.63, 3.8) is 0 Å². The Morgan fingerprint density at radius 3 is 2.52 bits per heavy atom. The van der Waals surface area contributed by atoms with Gasteiger partial charge in [-0.1, -0.05) is 32.0 Å². The zero-order valence-electron chi connectivity index (χ0n) is 14.4. The first kappa shape index (κ1) is 17.2. The monoisotopic (exact) mass is 339 g/mol. The Hall–Kier alpha value is -2.66. The summed E-state index contributed by atoms with van der Waals surface area (Å²) in [6, 6.07) is 12.2. The van der Waals surface area contributed by atoms with Crippen LogP contribution in [-0.2, 0) is 0 Å². The van der Waals surface area contributed by atoms with Crippen molar-refractivity contribution < 1.29 is 9.50 Å². The molecule has 0 amide bonds. The molecule has 0 aliphatic rings. The van der Waals surface area contributed by atoms with Crippen LogP contribution >= 0.6 is 0 Å². The summed E-state index contributed by atoms with van der Waals surface area (Å²) in [5.74, 6) is 0.295. The van der Waals surface area contributed by atoms with E-state index in [-0.39, 0.29) is 17.8 Å². The molecule has 25 heavy (non-hydrogen) atoms. The van der Waals surface area contributed by atoms with Gasteiger partial charge in [0.25, 0.3) is 0 Å². The Morgan fingerprint density at radius 1 is 1.12 bits per heavy atom. The van der Waals surface area contributed by atoms with E-state index in [1.165, 1.54) is 12.1 Å². The molecule has 0 bridgehead atoms. The predicted octanol–water partition coefficient (Wildman–Crippen LogP) is 4.05. The third-order valence-electron chi connectivity index (χ3n) is 4.23. The first-order chi connectivity index (χ1) is 11.9. The smallest absolute Gasteiger partial charge is 0.133 e. The van der Waals surface area contributed by atoms with Crippen molar-refractivity contribution in [2.45, 2.75) is 13.8 Å². The lowest BCUT2D eigenvalue weighted by Gasteiger charge is -2.23. The summed E-state index contributed by atoms with van der Waals surface area (Å²) in [5.41, 5.74) is 8.05. The Labute approximate surface area is 146 Å². The van der Waals surface area contributed by atoms with Crippen molar-refractivity contribution >= 4 is 22.3 Å². The van der Waals surface area contributed by atoms with Gasteiger partial charge in [-0.05, 0) is 35.2 Å². The number of hydrogen-bond acceptors (Lipinski definition) is 4. The molecule has 0 spiro atoms. The van der Waals surface area contributed by atoms with E-state index >= 15 is 0 Å². The SMILES string of the molecule is CC(C)(CO)CNc1ncc(-c2ccc(N)cc2)c2ccc(F)cc12. The molecule has 2 aromatic carbocycles. The number of aromatic nitrogens is 1. The number of aliphatic hydroxyl groups is 1. The van der Waals surface area contributed by atoms with Crippen LogP contribution in [0, 0.1) is 11.2 Å². The fourth-order valence-electron chi connectivity index (χ4n) is 2.63. The molecule has 0 saturated carbocycles. The molecular formula is C20H22FN3O. The maximum atomic E-state index is 13.8. The molecule has 0 fully saturated rings. The van der Waals surface area contributed by atoms with E-state index in [9.17, 15) is 9.50 Å². The third-order valence-corrected chi connectivity index (χ3v) is 4.23. The molecular weight excluding hydrogens is 317 g/mol. The summed E-state index contributed by atoms with van der Waals surface area (Å²) in [6.07, 6.45) is 1.78. The number of nitrogen functional groups attached to an aromatic ring is 1. The second-order valence-corrected chi connectivity index (χ2v) is 7.01. The van der Waals surface area contributed by atoms with E-state index in [0.717, 1.165) is 16.5 Å². The molecule has 4 N–H and O–H groups in total. The van der Waals surface area contributed by atoms with Crippen molar-refractivity contribution in [3.8, 4) is 11.1 Å². The van der Waals surface area contributed by atoms with Crippen molar-refractivity contribution in [3.05, 3.63) is 54.5 Å². The van der Waals surface area contributed by atoms with Gasteiger partial charge in [0.05, 0.1) is 0 Å². The highest BCUT2D eigenvalue weighted by Crippen LogP contribution is 2.33. The van der Waals surface area contributed by atoms with E-state index in [2.05, 4.69) is 10.3 Å². The van der Waals surface area contributed by atoms with Crippen molar-refractivity contribution in [2.75, 3.05) is 24.2 Å². The lowest BCUT2D eigenvalue weighted by molar-refractivity contribution is 0.171. The lowest BCUT2D eigenvalue weighted by Crippen LogP contribution is -2.27. The minimum Gasteiger partial charge on any atom is -0.399 e. The highest BCUT2D eigenvalue weighted by molar-refractivity contribution is 6.01. The number of rotatable bonds is 5. The zero-order chi connectivity index (χ0) is 18.0. The number of benzene rings is 2. The number of aliphatic hydroxyl groups excluding tert-OH is 1. The number of nitrogens with one attached hydrogen (secondary N) is 1. The Kier molecular flexibility index (Phi) is 4.59. The summed E-state index contributed by atoms with van der Waals surface area (Å²) in [5, 5.41) is 14.3. The number of hydrogen-bond donors (Lipinski definition) is 3. The highest BCUT2D eigenvalue weighted by Gasteiger charge is 2.17. The normalized spacial score (nSPS) is 11.7. The van der Waals surface area contributed by atoms with E-state index in [1.54, 1.807) is 12.3 Å². The fraction of sp³-hybridized carbons (Fsp3) is 0.250. The van der Waals surface area contributed by atoms with Gasteiger partial charge in [-0.3, -0.25) is 0 Å². The van der Waals surface area contributed by atoms with Crippen molar-refractivity contribution in [2.24, 2.45) is 5.41 Å². The predicted molar refractivity (Wildman–Crippen MR) is 101 cm³/mol. The molecule has 1 heterocycles. The van der Waals surface area contributed by atoms with Crippen LogP contribution in [0.4, 0.5) is 15.9 Å². The quantitative estimate of drug-likeness (QED) is 0.613. The van der Waals surface area contributed by atoms with Gasteiger partial charge in [-0.15, -0.1) is 0 Å². The second kappa shape index (κ2) is 6.69. The van der Waals surface area contributed by atoms with E-state index in [1.807, 2.05) is 38.1 Å². The van der Waals surface area contributed by atoms with Crippen LogP contribution in [0.5, 0.6) is 0 Å². The molecule has 0 unspecified atom stereocenters. The minimum atomic E-state index is -0.312. The van der Waals surface area contributed by atoms with Crippen LogP contribution in [0.15, 0.2) is 48.7 Å². The first-order valence-electron chi connectivity index (χ1n) is 8.18. The summed E-state index contributed by atoms with van der Waals surface area (Å²) in [7, 11) is 0. The van der Waals surface area contributed by atoms with Crippen LogP contribution < -0.4 is 11.1 Å². The molecule has 0 aliphatic carbocycles. The average Bonchev–Trinajstić information content (AvgIpc) is 2.60. The number of anilines is 2. The van der Waals surface area contributed by atoms with Gasteiger partial charge in [0, 0.05) is 41.4 Å². The number of pyridine rings is 1. The fourth-order valence-corrected chi connectivity index (χ4v) is 2.63. The molecule has 5 heteroatoms. The Balaban J connectivity index is 2.07. The van der Waals surface area contributed by atoms with Gasteiger partial charge in [0.1, 0.15) is 11.6 Å². The Morgan fingerprint density at radius 2 is 1.84 bits per heavy atom. The molecule has 3 aromatic rings. The maximum Gasteiger partial charge on any atom is 0.133 e. The minimum absolute atomic E-state index is 0.0514. The van der Waals surface area contributed by atoms with E-state index < -0.39 is 0 Å². The van der Waals surface area contributed by atoms with Gasteiger partial charge < -0.3 is 16.2 Å². The van der Waals surface area contributed by atoms with Crippen LogP contribution in [0.25, 0.3) is 21.9 Å². The first-order valence-corrected chi connectivity index (χ1v) is 8.18. The number of nitrogens with zero attached hydrogens (tertiary/aromatic N) is 1. The van der Waals surface area contributed by atoms with Gasteiger partial charge in [0.2, 0.25) is 0 Å². The van der Waals surface area contributed by atoms with Crippen LogP contribution in [0.1, 0.15) is 13.8 Å². The molecule has 1 aromatic heterocycles. The molecule has 4 nitrogen and oxygen atoms in total. The highest BCUT2D eigenvalue weighted by atomic mass is 19.1. The van der Waals surface area contributed by atoms with Gasteiger partial charge in [0.15, 0.2) is 0 Å². The lowest BCUT2D eigenvalue weighted by atomic mass is 9.94. The summed E-state index contributed by atoms with van der Waals surface area (Å²) < 4.78 is 13.8. The summed E-state index contributed by atoms with van der Waals surface area (Å²) in [6.45, 7) is 4.48. The Bertz CT molecular complexity index is 891. The number of fused-ring (bicyclic) bond motifs is 1. The second-order valence-electron chi connectivity index (χ2n) is 7.01. The van der Waals surface area contributed by atoms with Crippen molar-refractivity contribution in [1.82, 2.24) is 4.98 Å². The van der Waals surface area contributed by atoms with Gasteiger partial charge in [-0.2, -0.15) is 0 Å². The maximum absolute atomic E-state index is 13.8. The molecule has 0 atom stereocenters. The topological polar surface area (TPSA) is 71.2 Å². The van der Waals surface area contributed by atoms with Crippen molar-refractivity contribution in [1.29, 1.82) is 0 Å². The number of nitrogens with two attached hydrogens (primary N) is 1. The average molecular weight is 339 g/mol. The van der Waals surface area contributed by atoms with Crippen LogP contribution in [-0.4, -0.2) is 23.2 Å². The largest absolute Gasteiger partial charge is 0.399 e. The molecule has 0 aliphatic heterocycles. The number of halogens is 1. The van der Waals surface area contributed by atoms with Gasteiger partial charge >= 0.3 is 0 Å². The summed E-state index contributed by atoms with van der Waals surface area (Å²) >= 11 is 0. The molecule has 0 radical (unpaired) electrons. The zero-order valence-corrected chi connectivity index (χ0v) is 14.4. The van der Waals surface area contributed by atoms with Gasteiger partial charge in [-0.25, -0.2) is 9.37 Å². The van der Waals surface area contributed by atoms with E-state index in [0.29, 0.717) is 23.4 Å². The standard InChI is InChI=1S/C20H22FN3O/c1-20(2,12-25)11-24-19-17-9-14(21)5-8-16(17)18(10-23-19)13-3-6-15(22)7-4-13/h3-10,25H,11-12,22H2,1-2H3,(H,23,24). The third kappa shape index (κ3) is 3.72.